The normalized spacial score (nSPS) is 27.9. The third kappa shape index (κ3) is 12.2. The van der Waals surface area contributed by atoms with Crippen LogP contribution in [0.4, 0.5) is 5.82 Å². The van der Waals surface area contributed by atoms with Crippen molar-refractivity contribution in [3.63, 3.8) is 0 Å². The van der Waals surface area contributed by atoms with Crippen molar-refractivity contribution in [3.8, 4) is 6.07 Å². The van der Waals surface area contributed by atoms with E-state index < -0.39 is 49.1 Å². The average Bonchev–Trinajstić information content (AvgIpc) is 3.31. The summed E-state index contributed by atoms with van der Waals surface area (Å²) < 4.78 is 64.4. The minimum atomic E-state index is -4.09. The fourth-order valence-corrected chi connectivity index (χ4v) is 8.75. The molecule has 0 aliphatic heterocycles. The molecule has 2 aliphatic carbocycles. The summed E-state index contributed by atoms with van der Waals surface area (Å²) in [5.41, 5.74) is 0.199. The van der Waals surface area contributed by atoms with Crippen LogP contribution in [0, 0.1) is 11.3 Å². The standard InChI is InChI=1S/C26H40Cl3N7O7S2/c1-17(37)32-24-14-20(35(8-2-4-10-44(38,39)40)9-3-5-11-45(41,42)43)6-7-23(24)33-34-26-18(15-30)16-31-36(26)25-21(28)12-19(27)13-22(25)29/h16,19-25H,2-14H2,1H3,(H,32,37)(H,38,39,40)(H,41,42,43). The smallest absolute Gasteiger partial charge is 0.264 e. The molecule has 0 spiro atoms. The Morgan fingerprint density at radius 3 is 2.13 bits per heavy atom. The summed E-state index contributed by atoms with van der Waals surface area (Å²) in [5.74, 6) is -0.775. The van der Waals surface area contributed by atoms with Crippen molar-refractivity contribution in [2.75, 3.05) is 24.6 Å². The minimum absolute atomic E-state index is 0.0512. The highest BCUT2D eigenvalue weighted by Gasteiger charge is 2.39. The van der Waals surface area contributed by atoms with E-state index in [0.717, 1.165) is 0 Å². The number of carbonyl (C=O) groups is 1. The van der Waals surface area contributed by atoms with Crippen molar-refractivity contribution in [1.29, 1.82) is 5.26 Å². The van der Waals surface area contributed by atoms with Crippen LogP contribution >= 0.6 is 34.8 Å². The van der Waals surface area contributed by atoms with Crippen LogP contribution in [-0.4, -0.2) is 105 Å². The largest absolute Gasteiger partial charge is 0.351 e. The first kappa shape index (κ1) is 37.9. The molecule has 19 heteroatoms. The third-order valence-electron chi connectivity index (χ3n) is 8.06. The van der Waals surface area contributed by atoms with Crippen LogP contribution in [0.15, 0.2) is 16.4 Å². The number of amides is 1. The van der Waals surface area contributed by atoms with E-state index in [-0.39, 0.29) is 53.1 Å². The Balaban J connectivity index is 1.78. The fraction of sp³-hybridized carbons (Fsp3) is 0.808. The molecular weight excluding hydrogens is 693 g/mol. The zero-order valence-electron chi connectivity index (χ0n) is 24.9. The Morgan fingerprint density at radius 2 is 1.62 bits per heavy atom. The lowest BCUT2D eigenvalue weighted by atomic mass is 9.86. The lowest BCUT2D eigenvalue weighted by Gasteiger charge is -2.40. The highest BCUT2D eigenvalue weighted by atomic mass is 35.5. The molecule has 1 aromatic heterocycles. The van der Waals surface area contributed by atoms with Crippen LogP contribution in [0.3, 0.4) is 0 Å². The number of hydrogen-bond donors (Lipinski definition) is 3. The average molecular weight is 733 g/mol. The Hall–Kier alpha value is -1.58. The number of nitrogens with one attached hydrogen (secondary N) is 1. The molecule has 2 aliphatic rings. The molecule has 3 rings (SSSR count). The second kappa shape index (κ2) is 17.0. The summed E-state index contributed by atoms with van der Waals surface area (Å²) in [6.07, 6.45) is 5.48. The number of alkyl halides is 3. The lowest BCUT2D eigenvalue weighted by Crippen LogP contribution is -2.51. The summed E-state index contributed by atoms with van der Waals surface area (Å²) in [6.45, 7) is 2.37. The zero-order valence-corrected chi connectivity index (χ0v) is 28.8. The summed E-state index contributed by atoms with van der Waals surface area (Å²) in [4.78, 5) is 14.3. The van der Waals surface area contributed by atoms with Gasteiger partial charge in [0, 0.05) is 18.3 Å². The van der Waals surface area contributed by atoms with Crippen molar-refractivity contribution in [2.24, 2.45) is 10.2 Å². The molecule has 1 aromatic rings. The van der Waals surface area contributed by atoms with Gasteiger partial charge in [-0.15, -0.1) is 39.9 Å². The number of carbonyl (C=O) groups excluding carboxylic acids is 1. The first-order valence-electron chi connectivity index (χ1n) is 14.8. The number of halogens is 3. The molecule has 1 amide bonds. The van der Waals surface area contributed by atoms with E-state index in [0.29, 0.717) is 58.0 Å². The third-order valence-corrected chi connectivity index (χ3v) is 10.9. The molecule has 0 saturated heterocycles. The Bertz CT molecular complexity index is 1390. The molecule has 0 bridgehead atoms. The van der Waals surface area contributed by atoms with Gasteiger partial charge in [0.25, 0.3) is 20.2 Å². The van der Waals surface area contributed by atoms with Gasteiger partial charge < -0.3 is 10.2 Å². The number of nitriles is 1. The highest BCUT2D eigenvalue weighted by Crippen LogP contribution is 2.41. The molecule has 254 valence electrons. The Morgan fingerprint density at radius 1 is 1.04 bits per heavy atom. The molecule has 1 heterocycles. The lowest BCUT2D eigenvalue weighted by molar-refractivity contribution is -0.120. The van der Waals surface area contributed by atoms with Gasteiger partial charge in [0.15, 0.2) is 5.82 Å². The minimum Gasteiger partial charge on any atom is -0.351 e. The van der Waals surface area contributed by atoms with Crippen LogP contribution < -0.4 is 5.32 Å². The maximum absolute atomic E-state index is 12.2. The van der Waals surface area contributed by atoms with Crippen LogP contribution in [-0.2, 0) is 25.0 Å². The number of rotatable bonds is 15. The van der Waals surface area contributed by atoms with E-state index in [2.05, 4.69) is 31.6 Å². The molecule has 0 radical (unpaired) electrons. The Kier molecular flexibility index (Phi) is 14.3. The van der Waals surface area contributed by atoms with Crippen LogP contribution in [0.5, 0.6) is 0 Å². The van der Waals surface area contributed by atoms with Crippen molar-refractivity contribution in [2.45, 2.75) is 105 Å². The summed E-state index contributed by atoms with van der Waals surface area (Å²) in [5, 5.41) is 25.0. The maximum Gasteiger partial charge on any atom is 0.264 e. The van der Waals surface area contributed by atoms with Gasteiger partial charge in [-0.3, -0.25) is 13.9 Å². The molecule has 2 saturated carbocycles. The summed E-state index contributed by atoms with van der Waals surface area (Å²) in [6, 6.07) is 0.718. The van der Waals surface area contributed by atoms with Crippen molar-refractivity contribution in [3.05, 3.63) is 11.8 Å². The van der Waals surface area contributed by atoms with Crippen LogP contribution in [0.1, 0.15) is 76.3 Å². The highest BCUT2D eigenvalue weighted by molar-refractivity contribution is 7.86. The summed E-state index contributed by atoms with van der Waals surface area (Å²) in [7, 11) is -8.19. The van der Waals surface area contributed by atoms with Crippen molar-refractivity contribution >= 4 is 66.8 Å². The van der Waals surface area contributed by atoms with Gasteiger partial charge in [-0.05, 0) is 70.9 Å². The van der Waals surface area contributed by atoms with Gasteiger partial charge in [0.2, 0.25) is 5.91 Å². The molecular formula is C26H40Cl3N7O7S2. The van der Waals surface area contributed by atoms with Gasteiger partial charge in [0.1, 0.15) is 11.6 Å². The zero-order chi connectivity index (χ0) is 33.4. The molecule has 5 unspecified atom stereocenters. The quantitative estimate of drug-likeness (QED) is 0.102. The van der Waals surface area contributed by atoms with Gasteiger partial charge in [-0.2, -0.15) is 32.3 Å². The molecule has 5 atom stereocenters. The Labute approximate surface area is 279 Å². The maximum atomic E-state index is 12.2. The van der Waals surface area contributed by atoms with Crippen molar-refractivity contribution < 1.29 is 30.7 Å². The molecule has 45 heavy (non-hydrogen) atoms. The van der Waals surface area contributed by atoms with E-state index in [4.69, 9.17) is 43.9 Å². The van der Waals surface area contributed by atoms with E-state index in [1.807, 2.05) is 0 Å². The topological polar surface area (TPSA) is 207 Å². The molecule has 3 N–H and O–H groups in total. The van der Waals surface area contributed by atoms with Crippen LogP contribution in [0.25, 0.3) is 0 Å². The predicted octanol–water partition coefficient (Wildman–Crippen LogP) is 4.06. The van der Waals surface area contributed by atoms with Crippen molar-refractivity contribution in [1.82, 2.24) is 20.0 Å². The molecule has 14 nitrogen and oxygen atoms in total. The number of nitrogens with zero attached hydrogens (tertiary/aromatic N) is 6. The predicted molar refractivity (Wildman–Crippen MR) is 171 cm³/mol. The number of azo groups is 1. The van der Waals surface area contributed by atoms with E-state index in [9.17, 15) is 26.9 Å². The number of hydrogen-bond acceptors (Lipinski definition) is 10. The second-order valence-electron chi connectivity index (χ2n) is 11.6. The monoisotopic (exact) mass is 731 g/mol. The van der Waals surface area contributed by atoms with Gasteiger partial charge in [-0.1, -0.05) is 0 Å². The number of aromatic nitrogens is 2. The second-order valence-corrected chi connectivity index (χ2v) is 16.5. The van der Waals surface area contributed by atoms with Gasteiger partial charge in [0.05, 0.1) is 46.6 Å². The molecule has 0 aromatic carbocycles. The first-order chi connectivity index (χ1) is 21.1. The van der Waals surface area contributed by atoms with E-state index in [1.54, 1.807) is 0 Å². The first-order valence-corrected chi connectivity index (χ1v) is 19.3. The van der Waals surface area contributed by atoms with E-state index in [1.165, 1.54) is 17.8 Å². The van der Waals surface area contributed by atoms with Gasteiger partial charge >= 0.3 is 0 Å². The van der Waals surface area contributed by atoms with Gasteiger partial charge in [-0.25, -0.2) is 4.68 Å². The van der Waals surface area contributed by atoms with Crippen LogP contribution in [0.2, 0.25) is 0 Å². The fourth-order valence-electron chi connectivity index (χ4n) is 5.97. The summed E-state index contributed by atoms with van der Waals surface area (Å²) >= 11 is 19.5. The number of unbranched alkanes of at least 4 members (excludes halogenated alkanes) is 2. The SMILES string of the molecule is CC(=O)NC1CC(N(CCCCS(=O)(=O)O)CCCCS(=O)(=O)O)CCC1N=Nc1c(C#N)cnn1C1C(Cl)CC(Cl)CC1Cl. The molecule has 2 fully saturated rings. The van der Waals surface area contributed by atoms with E-state index >= 15 is 0 Å².